The molecule has 0 unspecified atom stereocenters. The molecule has 0 bridgehead atoms. The van der Waals surface area contributed by atoms with E-state index in [0.717, 1.165) is 6.07 Å². The predicted octanol–water partition coefficient (Wildman–Crippen LogP) is 2.80. The largest absolute Gasteiger partial charge is 0.396 e. The smallest absolute Gasteiger partial charge is 0.255 e. The summed E-state index contributed by atoms with van der Waals surface area (Å²) < 4.78 is 26.1. The number of benzene rings is 2. The summed E-state index contributed by atoms with van der Waals surface area (Å²) in [5.74, 6) is -1.65. The fourth-order valence-corrected chi connectivity index (χ4v) is 1.44. The fourth-order valence-electron chi connectivity index (χ4n) is 1.44. The summed E-state index contributed by atoms with van der Waals surface area (Å²) in [5, 5.41) is 2.46. The average molecular weight is 248 g/mol. The molecule has 3 N–H and O–H groups in total. The third-order valence-electron chi connectivity index (χ3n) is 2.35. The van der Waals surface area contributed by atoms with Crippen molar-refractivity contribution >= 4 is 17.3 Å². The van der Waals surface area contributed by atoms with Crippen molar-refractivity contribution < 1.29 is 13.6 Å². The lowest BCUT2D eigenvalue weighted by Crippen LogP contribution is -2.12. The first-order chi connectivity index (χ1) is 8.56. The Morgan fingerprint density at radius 3 is 2.56 bits per heavy atom. The van der Waals surface area contributed by atoms with Crippen LogP contribution in [0.2, 0.25) is 0 Å². The molecule has 1 amide bonds. The van der Waals surface area contributed by atoms with Gasteiger partial charge in [-0.1, -0.05) is 6.07 Å². The summed E-state index contributed by atoms with van der Waals surface area (Å²) in [7, 11) is 0. The van der Waals surface area contributed by atoms with E-state index in [2.05, 4.69) is 5.32 Å². The van der Waals surface area contributed by atoms with Crippen molar-refractivity contribution in [2.24, 2.45) is 0 Å². The van der Waals surface area contributed by atoms with Crippen molar-refractivity contribution in [3.8, 4) is 0 Å². The lowest BCUT2D eigenvalue weighted by atomic mass is 10.2. The lowest BCUT2D eigenvalue weighted by Gasteiger charge is -2.06. The zero-order valence-electron chi connectivity index (χ0n) is 9.28. The van der Waals surface area contributed by atoms with Crippen molar-refractivity contribution in [2.45, 2.75) is 0 Å². The van der Waals surface area contributed by atoms with E-state index in [-0.39, 0.29) is 11.3 Å². The van der Waals surface area contributed by atoms with Gasteiger partial charge < -0.3 is 11.1 Å². The van der Waals surface area contributed by atoms with Gasteiger partial charge in [-0.15, -0.1) is 0 Å². The molecular formula is C13H10F2N2O. The van der Waals surface area contributed by atoms with Crippen LogP contribution in [0.4, 0.5) is 20.2 Å². The SMILES string of the molecule is Nc1ccc(C(=O)Nc2cccc(F)c2)cc1F. The predicted molar refractivity (Wildman–Crippen MR) is 65.2 cm³/mol. The quantitative estimate of drug-likeness (QED) is 0.803. The van der Waals surface area contributed by atoms with E-state index < -0.39 is 17.5 Å². The van der Waals surface area contributed by atoms with E-state index in [1.54, 1.807) is 0 Å². The molecule has 3 nitrogen and oxygen atoms in total. The van der Waals surface area contributed by atoms with Gasteiger partial charge in [-0.05, 0) is 36.4 Å². The Hall–Kier alpha value is -2.43. The van der Waals surface area contributed by atoms with Gasteiger partial charge in [0.05, 0.1) is 5.69 Å². The van der Waals surface area contributed by atoms with Gasteiger partial charge in [0.2, 0.25) is 0 Å². The van der Waals surface area contributed by atoms with Gasteiger partial charge in [0.1, 0.15) is 11.6 Å². The van der Waals surface area contributed by atoms with Gasteiger partial charge >= 0.3 is 0 Å². The second kappa shape index (κ2) is 4.83. The van der Waals surface area contributed by atoms with E-state index in [1.165, 1.54) is 36.4 Å². The molecule has 0 aliphatic heterocycles. The van der Waals surface area contributed by atoms with Gasteiger partial charge in [-0.2, -0.15) is 0 Å². The Bertz CT molecular complexity index is 599. The normalized spacial score (nSPS) is 10.1. The summed E-state index contributed by atoms with van der Waals surface area (Å²) in [5.41, 5.74) is 5.69. The molecule has 2 aromatic carbocycles. The average Bonchev–Trinajstić information content (AvgIpc) is 2.32. The van der Waals surface area contributed by atoms with Gasteiger partial charge in [0.25, 0.3) is 5.91 Å². The van der Waals surface area contributed by atoms with E-state index in [1.807, 2.05) is 0 Å². The Morgan fingerprint density at radius 1 is 1.11 bits per heavy atom. The van der Waals surface area contributed by atoms with Gasteiger partial charge in [-0.25, -0.2) is 8.78 Å². The number of hydrogen-bond acceptors (Lipinski definition) is 2. The topological polar surface area (TPSA) is 55.1 Å². The van der Waals surface area contributed by atoms with E-state index >= 15 is 0 Å². The standard InChI is InChI=1S/C13H10F2N2O/c14-9-2-1-3-10(7-9)17-13(18)8-4-5-12(16)11(15)6-8/h1-7H,16H2,(H,17,18). The molecule has 0 atom stereocenters. The van der Waals surface area contributed by atoms with Crippen molar-refractivity contribution in [1.82, 2.24) is 0 Å². The minimum Gasteiger partial charge on any atom is -0.396 e. The molecule has 18 heavy (non-hydrogen) atoms. The lowest BCUT2D eigenvalue weighted by molar-refractivity contribution is 0.102. The number of halogens is 2. The molecule has 0 fully saturated rings. The highest BCUT2D eigenvalue weighted by Gasteiger charge is 2.09. The number of amides is 1. The Balaban J connectivity index is 2.19. The van der Waals surface area contributed by atoms with Crippen LogP contribution in [0.3, 0.4) is 0 Å². The fraction of sp³-hybridized carbons (Fsp3) is 0. The van der Waals surface area contributed by atoms with Crippen molar-refractivity contribution in [3.63, 3.8) is 0 Å². The molecular weight excluding hydrogens is 238 g/mol. The van der Waals surface area contributed by atoms with Crippen LogP contribution in [0, 0.1) is 11.6 Å². The van der Waals surface area contributed by atoms with Crippen LogP contribution < -0.4 is 11.1 Å². The van der Waals surface area contributed by atoms with Crippen LogP contribution in [-0.4, -0.2) is 5.91 Å². The van der Waals surface area contributed by atoms with E-state index in [0.29, 0.717) is 5.69 Å². The number of carbonyl (C=O) groups excluding carboxylic acids is 1. The third kappa shape index (κ3) is 2.63. The minimum absolute atomic E-state index is 0.0303. The maximum atomic E-state index is 13.2. The number of nitrogen functional groups attached to an aromatic ring is 1. The molecule has 92 valence electrons. The number of nitrogens with one attached hydrogen (secondary N) is 1. The van der Waals surface area contributed by atoms with Crippen LogP contribution in [0.15, 0.2) is 42.5 Å². The second-order valence-electron chi connectivity index (χ2n) is 3.70. The molecule has 0 saturated heterocycles. The van der Waals surface area contributed by atoms with Crippen LogP contribution in [0.5, 0.6) is 0 Å². The number of hydrogen-bond donors (Lipinski definition) is 2. The van der Waals surface area contributed by atoms with Crippen LogP contribution in [0.25, 0.3) is 0 Å². The molecule has 0 heterocycles. The first-order valence-electron chi connectivity index (χ1n) is 5.18. The summed E-state index contributed by atoms with van der Waals surface area (Å²) in [4.78, 5) is 11.7. The third-order valence-corrected chi connectivity index (χ3v) is 2.35. The van der Waals surface area contributed by atoms with Crippen LogP contribution in [0.1, 0.15) is 10.4 Å². The summed E-state index contributed by atoms with van der Waals surface area (Å²) in [6.07, 6.45) is 0. The van der Waals surface area contributed by atoms with Crippen molar-refractivity contribution in [2.75, 3.05) is 11.1 Å². The summed E-state index contributed by atoms with van der Waals surface area (Å²) in [6, 6.07) is 9.17. The molecule has 5 heteroatoms. The van der Waals surface area contributed by atoms with Crippen LogP contribution in [-0.2, 0) is 0 Å². The number of rotatable bonds is 2. The minimum atomic E-state index is -0.665. The van der Waals surface area contributed by atoms with E-state index in [9.17, 15) is 13.6 Å². The Labute approximate surface area is 102 Å². The van der Waals surface area contributed by atoms with E-state index in [4.69, 9.17) is 5.73 Å². The number of nitrogens with two attached hydrogens (primary N) is 1. The second-order valence-corrected chi connectivity index (χ2v) is 3.70. The molecule has 0 aliphatic rings. The first-order valence-corrected chi connectivity index (χ1v) is 5.18. The van der Waals surface area contributed by atoms with Gasteiger partial charge in [-0.3, -0.25) is 4.79 Å². The highest BCUT2D eigenvalue weighted by molar-refractivity contribution is 6.04. The summed E-state index contributed by atoms with van der Waals surface area (Å²) in [6.45, 7) is 0. The molecule has 2 aromatic rings. The molecule has 0 radical (unpaired) electrons. The van der Waals surface area contributed by atoms with Gasteiger partial charge in [0.15, 0.2) is 0 Å². The molecule has 0 spiro atoms. The number of carbonyl (C=O) groups is 1. The molecule has 0 aliphatic carbocycles. The molecule has 0 saturated carbocycles. The molecule has 0 aromatic heterocycles. The first kappa shape index (κ1) is 12.0. The maximum Gasteiger partial charge on any atom is 0.255 e. The Kier molecular flexibility index (Phi) is 3.23. The monoisotopic (exact) mass is 248 g/mol. The zero-order chi connectivity index (χ0) is 13.1. The number of anilines is 2. The molecule has 2 rings (SSSR count). The van der Waals surface area contributed by atoms with Crippen molar-refractivity contribution in [1.29, 1.82) is 0 Å². The highest BCUT2D eigenvalue weighted by atomic mass is 19.1. The highest BCUT2D eigenvalue weighted by Crippen LogP contribution is 2.15. The Morgan fingerprint density at radius 2 is 1.89 bits per heavy atom. The zero-order valence-corrected chi connectivity index (χ0v) is 9.28. The van der Waals surface area contributed by atoms with Crippen molar-refractivity contribution in [3.05, 3.63) is 59.7 Å². The van der Waals surface area contributed by atoms with Crippen LogP contribution >= 0.6 is 0 Å². The summed E-state index contributed by atoms with van der Waals surface area (Å²) >= 11 is 0. The maximum absolute atomic E-state index is 13.2. The van der Waals surface area contributed by atoms with Gasteiger partial charge in [0, 0.05) is 11.3 Å².